The molecule has 1 fully saturated rings. The molecule has 1 aromatic carbocycles. The summed E-state index contributed by atoms with van der Waals surface area (Å²) < 4.78 is 10.6. The van der Waals surface area contributed by atoms with Crippen LogP contribution in [0.5, 0.6) is 5.75 Å². The molecule has 1 aliphatic rings. The SMILES string of the molecule is CCOc1ccccc1C(=O)NCC(=O)O[C@H](C)C(=O)N[C@H]1CCC[C@H](C)[C@@H]1C. The number of benzene rings is 1. The van der Waals surface area contributed by atoms with Gasteiger partial charge >= 0.3 is 5.97 Å². The summed E-state index contributed by atoms with van der Waals surface area (Å²) in [5.74, 6) is -0.0168. The van der Waals surface area contributed by atoms with E-state index in [2.05, 4.69) is 24.5 Å². The van der Waals surface area contributed by atoms with Crippen LogP contribution in [0.1, 0.15) is 57.3 Å². The zero-order valence-electron chi connectivity index (χ0n) is 17.7. The first-order chi connectivity index (χ1) is 13.8. The summed E-state index contributed by atoms with van der Waals surface area (Å²) >= 11 is 0. The maximum atomic E-state index is 12.4. The summed E-state index contributed by atoms with van der Waals surface area (Å²) in [6.45, 7) is 7.80. The summed E-state index contributed by atoms with van der Waals surface area (Å²) in [6.07, 6.45) is 2.27. The molecule has 0 aliphatic heterocycles. The van der Waals surface area contributed by atoms with Crippen LogP contribution in [0.15, 0.2) is 24.3 Å². The molecule has 0 spiro atoms. The molecule has 0 aromatic heterocycles. The van der Waals surface area contributed by atoms with Gasteiger partial charge in [-0.3, -0.25) is 14.4 Å². The molecule has 1 aliphatic carbocycles. The van der Waals surface area contributed by atoms with Gasteiger partial charge in [0.05, 0.1) is 12.2 Å². The minimum atomic E-state index is -0.917. The van der Waals surface area contributed by atoms with Gasteiger partial charge in [-0.25, -0.2) is 0 Å². The number of carbonyl (C=O) groups is 3. The van der Waals surface area contributed by atoms with E-state index in [0.717, 1.165) is 12.8 Å². The van der Waals surface area contributed by atoms with Crippen molar-refractivity contribution in [3.05, 3.63) is 29.8 Å². The molecular formula is C22H32N2O5. The Morgan fingerprint density at radius 1 is 1.17 bits per heavy atom. The molecule has 2 rings (SSSR count). The van der Waals surface area contributed by atoms with E-state index in [-0.39, 0.29) is 18.5 Å². The van der Waals surface area contributed by atoms with Gasteiger partial charge in [0.25, 0.3) is 11.8 Å². The van der Waals surface area contributed by atoms with E-state index in [1.165, 1.54) is 13.3 Å². The van der Waals surface area contributed by atoms with Crippen LogP contribution in [0.4, 0.5) is 0 Å². The first-order valence-electron chi connectivity index (χ1n) is 10.3. The van der Waals surface area contributed by atoms with E-state index >= 15 is 0 Å². The lowest BCUT2D eigenvalue weighted by Gasteiger charge is -2.35. The molecule has 160 valence electrons. The lowest BCUT2D eigenvalue weighted by Crippen LogP contribution is -2.48. The summed E-state index contributed by atoms with van der Waals surface area (Å²) in [6, 6.07) is 6.89. The number of ether oxygens (including phenoxy) is 2. The molecule has 4 atom stereocenters. The first-order valence-corrected chi connectivity index (χ1v) is 10.3. The van der Waals surface area contributed by atoms with E-state index in [0.29, 0.717) is 29.8 Å². The number of esters is 1. The van der Waals surface area contributed by atoms with Crippen LogP contribution in [0, 0.1) is 11.8 Å². The Morgan fingerprint density at radius 2 is 1.90 bits per heavy atom. The Kier molecular flexibility index (Phi) is 8.49. The number of rotatable bonds is 8. The van der Waals surface area contributed by atoms with Crippen molar-refractivity contribution in [2.75, 3.05) is 13.2 Å². The molecule has 2 N–H and O–H groups in total. The quantitative estimate of drug-likeness (QED) is 0.650. The van der Waals surface area contributed by atoms with Gasteiger partial charge in [-0.15, -0.1) is 0 Å². The van der Waals surface area contributed by atoms with E-state index in [9.17, 15) is 14.4 Å². The molecule has 0 unspecified atom stereocenters. The molecule has 0 bridgehead atoms. The highest BCUT2D eigenvalue weighted by Gasteiger charge is 2.30. The second-order valence-electron chi connectivity index (χ2n) is 7.63. The van der Waals surface area contributed by atoms with Crippen LogP contribution in [0.25, 0.3) is 0 Å². The molecule has 7 heteroatoms. The predicted octanol–water partition coefficient (Wildman–Crippen LogP) is 2.69. The van der Waals surface area contributed by atoms with Crippen LogP contribution in [-0.4, -0.2) is 43.1 Å². The maximum Gasteiger partial charge on any atom is 0.326 e. The topological polar surface area (TPSA) is 93.7 Å². The van der Waals surface area contributed by atoms with Gasteiger partial charge in [-0.2, -0.15) is 0 Å². The van der Waals surface area contributed by atoms with Crippen molar-refractivity contribution in [1.29, 1.82) is 0 Å². The third-order valence-electron chi connectivity index (χ3n) is 5.54. The van der Waals surface area contributed by atoms with Crippen LogP contribution >= 0.6 is 0 Å². The van der Waals surface area contributed by atoms with Gasteiger partial charge in [0.2, 0.25) is 0 Å². The normalized spacial score (nSPS) is 22.3. The van der Waals surface area contributed by atoms with Crippen molar-refractivity contribution in [2.45, 2.75) is 59.1 Å². The Bertz CT molecular complexity index is 721. The molecule has 1 saturated carbocycles. The highest BCUT2D eigenvalue weighted by atomic mass is 16.5. The average molecular weight is 405 g/mol. The van der Waals surface area contributed by atoms with Crippen LogP contribution < -0.4 is 15.4 Å². The summed E-state index contributed by atoms with van der Waals surface area (Å²) in [7, 11) is 0. The summed E-state index contributed by atoms with van der Waals surface area (Å²) in [5, 5.41) is 5.51. The third-order valence-corrected chi connectivity index (χ3v) is 5.54. The summed E-state index contributed by atoms with van der Waals surface area (Å²) in [4.78, 5) is 36.8. The Labute approximate surface area is 172 Å². The van der Waals surface area contributed by atoms with Gasteiger partial charge in [0.15, 0.2) is 6.10 Å². The Morgan fingerprint density at radius 3 is 2.62 bits per heavy atom. The maximum absolute atomic E-state index is 12.4. The van der Waals surface area contributed by atoms with Crippen molar-refractivity contribution in [3.63, 3.8) is 0 Å². The molecule has 1 aromatic rings. The number of para-hydroxylation sites is 1. The van der Waals surface area contributed by atoms with Crippen LogP contribution in [0.3, 0.4) is 0 Å². The number of hydrogen-bond donors (Lipinski definition) is 2. The van der Waals surface area contributed by atoms with E-state index in [1.54, 1.807) is 24.3 Å². The Hall–Kier alpha value is -2.57. The molecule has 29 heavy (non-hydrogen) atoms. The Balaban J connectivity index is 1.81. The summed E-state index contributed by atoms with van der Waals surface area (Å²) in [5.41, 5.74) is 0.341. The second kappa shape index (κ2) is 10.8. The highest BCUT2D eigenvalue weighted by Crippen LogP contribution is 2.29. The fraction of sp³-hybridized carbons (Fsp3) is 0.591. The van der Waals surface area contributed by atoms with Gasteiger partial charge in [0, 0.05) is 6.04 Å². The minimum absolute atomic E-state index is 0.0992. The molecule has 2 amide bonds. The van der Waals surface area contributed by atoms with E-state index in [4.69, 9.17) is 9.47 Å². The van der Waals surface area contributed by atoms with E-state index in [1.807, 2.05) is 6.92 Å². The lowest BCUT2D eigenvalue weighted by atomic mass is 9.78. The van der Waals surface area contributed by atoms with Crippen molar-refractivity contribution < 1.29 is 23.9 Å². The standard InChI is InChI=1S/C22H32N2O5/c1-5-28-19-12-7-6-10-17(19)22(27)23-13-20(25)29-16(4)21(26)24-18-11-8-9-14(2)15(18)3/h6-7,10,12,14-16,18H,5,8-9,11,13H2,1-4H3,(H,23,27)(H,24,26)/t14-,15-,16+,18-/m0/s1. The monoisotopic (exact) mass is 404 g/mol. The number of nitrogens with one attached hydrogen (secondary N) is 2. The zero-order chi connectivity index (χ0) is 21.4. The number of carbonyl (C=O) groups excluding carboxylic acids is 3. The largest absolute Gasteiger partial charge is 0.493 e. The molecular weight excluding hydrogens is 372 g/mol. The molecule has 0 saturated heterocycles. The van der Waals surface area contributed by atoms with Crippen LogP contribution in [-0.2, 0) is 14.3 Å². The van der Waals surface area contributed by atoms with Gasteiger partial charge in [-0.1, -0.05) is 38.8 Å². The minimum Gasteiger partial charge on any atom is -0.493 e. The predicted molar refractivity (Wildman–Crippen MR) is 110 cm³/mol. The van der Waals surface area contributed by atoms with E-state index < -0.39 is 18.0 Å². The molecule has 7 nitrogen and oxygen atoms in total. The fourth-order valence-electron chi connectivity index (χ4n) is 3.56. The van der Waals surface area contributed by atoms with Gasteiger partial charge in [0.1, 0.15) is 12.3 Å². The first kappa shape index (κ1) is 22.7. The zero-order valence-corrected chi connectivity index (χ0v) is 17.7. The number of amides is 2. The van der Waals surface area contributed by atoms with Crippen molar-refractivity contribution in [3.8, 4) is 5.75 Å². The van der Waals surface area contributed by atoms with Crippen molar-refractivity contribution >= 4 is 17.8 Å². The van der Waals surface area contributed by atoms with Gasteiger partial charge in [-0.05, 0) is 44.2 Å². The average Bonchev–Trinajstić information content (AvgIpc) is 2.70. The van der Waals surface area contributed by atoms with Gasteiger partial charge < -0.3 is 20.1 Å². The van der Waals surface area contributed by atoms with Crippen molar-refractivity contribution in [1.82, 2.24) is 10.6 Å². The highest BCUT2D eigenvalue weighted by molar-refractivity contribution is 5.98. The smallest absolute Gasteiger partial charge is 0.326 e. The molecule has 0 heterocycles. The third kappa shape index (κ3) is 6.48. The molecule has 0 radical (unpaired) electrons. The second-order valence-corrected chi connectivity index (χ2v) is 7.63. The fourth-order valence-corrected chi connectivity index (χ4v) is 3.56. The van der Waals surface area contributed by atoms with Crippen LogP contribution in [0.2, 0.25) is 0 Å². The van der Waals surface area contributed by atoms with Crippen molar-refractivity contribution in [2.24, 2.45) is 11.8 Å². The number of hydrogen-bond acceptors (Lipinski definition) is 5. The lowest BCUT2D eigenvalue weighted by molar-refractivity contribution is -0.154.